The maximum Gasteiger partial charge on any atom is 0.323 e. The average Bonchev–Trinajstić information content (AvgIpc) is 2.35. The summed E-state index contributed by atoms with van der Waals surface area (Å²) in [4.78, 5) is 11.6. The Bertz CT molecular complexity index is 324. The van der Waals surface area contributed by atoms with Crippen LogP contribution in [0.5, 0.6) is 0 Å². The van der Waals surface area contributed by atoms with Gasteiger partial charge in [0, 0.05) is 0 Å². The van der Waals surface area contributed by atoms with Gasteiger partial charge in [-0.3, -0.25) is 4.79 Å². The molecule has 0 radical (unpaired) electrons. The summed E-state index contributed by atoms with van der Waals surface area (Å²) < 4.78 is 5.15. The van der Waals surface area contributed by atoms with Crippen LogP contribution in [0, 0.1) is 5.92 Å². The van der Waals surface area contributed by atoms with E-state index in [2.05, 4.69) is 0 Å². The Labute approximate surface area is 96.6 Å². The third kappa shape index (κ3) is 3.66. The highest BCUT2D eigenvalue weighted by molar-refractivity contribution is 5.75. The van der Waals surface area contributed by atoms with Gasteiger partial charge in [0.2, 0.25) is 0 Å². The smallest absolute Gasteiger partial charge is 0.323 e. The lowest BCUT2D eigenvalue weighted by atomic mass is 10.0. The fraction of sp³-hybridized carbons (Fsp3) is 0.462. The first-order valence-electron chi connectivity index (χ1n) is 5.61. The lowest BCUT2D eigenvalue weighted by molar-refractivity contribution is -0.147. The monoisotopic (exact) mass is 221 g/mol. The molecule has 88 valence electrons. The molecule has 0 amide bonds. The van der Waals surface area contributed by atoms with Gasteiger partial charge in [0.05, 0.1) is 0 Å². The lowest BCUT2D eigenvalue weighted by Gasteiger charge is -2.16. The van der Waals surface area contributed by atoms with Crippen LogP contribution in [-0.4, -0.2) is 12.0 Å². The number of hydrogen-bond donors (Lipinski definition) is 1. The number of hydrogen-bond acceptors (Lipinski definition) is 3. The second-order valence-corrected chi connectivity index (χ2v) is 4.00. The van der Waals surface area contributed by atoms with E-state index in [-0.39, 0.29) is 11.9 Å². The van der Waals surface area contributed by atoms with Gasteiger partial charge >= 0.3 is 5.97 Å². The highest BCUT2D eigenvalue weighted by Crippen LogP contribution is 2.08. The molecule has 1 unspecified atom stereocenters. The second kappa shape index (κ2) is 6.28. The Morgan fingerprint density at radius 2 is 2.00 bits per heavy atom. The molecule has 16 heavy (non-hydrogen) atoms. The molecule has 1 aromatic rings. The molecule has 2 N–H and O–H groups in total. The predicted octanol–water partition coefficient (Wildman–Crippen LogP) is 2.10. The fourth-order valence-corrected chi connectivity index (χ4v) is 1.31. The van der Waals surface area contributed by atoms with Crippen molar-refractivity contribution in [1.82, 2.24) is 0 Å². The van der Waals surface area contributed by atoms with E-state index in [0.717, 1.165) is 12.0 Å². The molecule has 0 aliphatic heterocycles. The minimum absolute atomic E-state index is 0.156. The standard InChI is InChI=1S/C13H19NO2/c1-3-10(2)12(14)13(15)16-9-11-7-5-4-6-8-11/h4-8,10,12H,3,9,14H2,1-2H3/t10-,12?/m0/s1. The largest absolute Gasteiger partial charge is 0.460 e. The topological polar surface area (TPSA) is 52.3 Å². The molecule has 0 saturated heterocycles. The van der Waals surface area contributed by atoms with E-state index in [1.54, 1.807) is 0 Å². The first-order chi connectivity index (χ1) is 7.65. The normalized spacial score (nSPS) is 14.2. The van der Waals surface area contributed by atoms with Gasteiger partial charge in [-0.15, -0.1) is 0 Å². The molecule has 1 rings (SSSR count). The molecular formula is C13H19NO2. The summed E-state index contributed by atoms with van der Waals surface area (Å²) >= 11 is 0. The van der Waals surface area contributed by atoms with Crippen molar-refractivity contribution in [2.75, 3.05) is 0 Å². The van der Waals surface area contributed by atoms with Crippen LogP contribution in [0.2, 0.25) is 0 Å². The van der Waals surface area contributed by atoms with E-state index in [1.165, 1.54) is 0 Å². The van der Waals surface area contributed by atoms with Crippen LogP contribution < -0.4 is 5.73 Å². The average molecular weight is 221 g/mol. The molecule has 1 aromatic carbocycles. The van der Waals surface area contributed by atoms with Gasteiger partial charge < -0.3 is 10.5 Å². The Balaban J connectivity index is 2.41. The van der Waals surface area contributed by atoms with E-state index in [0.29, 0.717) is 6.61 Å². The summed E-state index contributed by atoms with van der Waals surface area (Å²) in [5.74, 6) is -0.165. The Morgan fingerprint density at radius 3 is 2.56 bits per heavy atom. The molecule has 0 aliphatic rings. The number of carbonyl (C=O) groups is 1. The number of benzene rings is 1. The summed E-state index contributed by atoms with van der Waals surface area (Å²) in [6.45, 7) is 4.26. The summed E-state index contributed by atoms with van der Waals surface area (Å²) in [6.07, 6.45) is 0.877. The summed E-state index contributed by atoms with van der Waals surface area (Å²) in [7, 11) is 0. The third-order valence-electron chi connectivity index (χ3n) is 2.75. The lowest BCUT2D eigenvalue weighted by Crippen LogP contribution is -2.37. The molecule has 0 spiro atoms. The molecule has 0 heterocycles. The van der Waals surface area contributed by atoms with Crippen molar-refractivity contribution in [1.29, 1.82) is 0 Å². The molecule has 3 heteroatoms. The van der Waals surface area contributed by atoms with Gasteiger partial charge in [-0.2, -0.15) is 0 Å². The number of nitrogens with two attached hydrogens (primary N) is 1. The Morgan fingerprint density at radius 1 is 1.38 bits per heavy atom. The van der Waals surface area contributed by atoms with Crippen molar-refractivity contribution in [2.45, 2.75) is 32.9 Å². The third-order valence-corrected chi connectivity index (χ3v) is 2.75. The first-order valence-corrected chi connectivity index (χ1v) is 5.61. The van der Waals surface area contributed by atoms with Gasteiger partial charge in [-0.25, -0.2) is 0 Å². The minimum atomic E-state index is -0.520. The van der Waals surface area contributed by atoms with E-state index >= 15 is 0 Å². The van der Waals surface area contributed by atoms with Crippen molar-refractivity contribution in [3.05, 3.63) is 35.9 Å². The van der Waals surface area contributed by atoms with Crippen LogP contribution in [0.15, 0.2) is 30.3 Å². The Kier molecular flexibility index (Phi) is 4.99. The SMILES string of the molecule is CC[C@H](C)C(N)C(=O)OCc1ccccc1. The molecule has 0 aliphatic carbocycles. The summed E-state index contributed by atoms with van der Waals surface area (Å²) in [6, 6.07) is 9.07. The van der Waals surface area contributed by atoms with Gasteiger partial charge in [0.1, 0.15) is 12.6 Å². The molecule has 2 atom stereocenters. The van der Waals surface area contributed by atoms with E-state index in [9.17, 15) is 4.79 Å². The van der Waals surface area contributed by atoms with E-state index < -0.39 is 6.04 Å². The van der Waals surface area contributed by atoms with Crippen LogP contribution in [0.25, 0.3) is 0 Å². The predicted molar refractivity (Wildman–Crippen MR) is 63.7 cm³/mol. The minimum Gasteiger partial charge on any atom is -0.460 e. The molecule has 0 fully saturated rings. The first kappa shape index (κ1) is 12.7. The summed E-state index contributed by atoms with van der Waals surface area (Å²) in [5, 5.41) is 0. The number of ether oxygens (including phenoxy) is 1. The van der Waals surface area contributed by atoms with Gasteiger partial charge in [0.15, 0.2) is 0 Å². The zero-order valence-electron chi connectivity index (χ0n) is 9.85. The van der Waals surface area contributed by atoms with Gasteiger partial charge in [-0.05, 0) is 11.5 Å². The number of carbonyl (C=O) groups excluding carboxylic acids is 1. The zero-order valence-corrected chi connectivity index (χ0v) is 9.85. The highest BCUT2D eigenvalue weighted by atomic mass is 16.5. The van der Waals surface area contributed by atoms with E-state index in [1.807, 2.05) is 44.2 Å². The van der Waals surface area contributed by atoms with Crippen LogP contribution in [0.1, 0.15) is 25.8 Å². The maximum absolute atomic E-state index is 11.6. The number of rotatable bonds is 5. The van der Waals surface area contributed by atoms with Crippen LogP contribution >= 0.6 is 0 Å². The van der Waals surface area contributed by atoms with E-state index in [4.69, 9.17) is 10.5 Å². The zero-order chi connectivity index (χ0) is 12.0. The van der Waals surface area contributed by atoms with Crippen LogP contribution in [-0.2, 0) is 16.1 Å². The van der Waals surface area contributed by atoms with Crippen molar-refractivity contribution in [3.63, 3.8) is 0 Å². The molecular weight excluding hydrogens is 202 g/mol. The van der Waals surface area contributed by atoms with Gasteiger partial charge in [0.25, 0.3) is 0 Å². The van der Waals surface area contributed by atoms with Crippen LogP contribution in [0.4, 0.5) is 0 Å². The van der Waals surface area contributed by atoms with Crippen molar-refractivity contribution in [2.24, 2.45) is 11.7 Å². The number of esters is 1. The van der Waals surface area contributed by atoms with Crippen molar-refractivity contribution in [3.8, 4) is 0 Å². The Hall–Kier alpha value is -1.35. The molecule has 0 bridgehead atoms. The summed E-state index contributed by atoms with van der Waals surface area (Å²) in [5.41, 5.74) is 6.74. The fourth-order valence-electron chi connectivity index (χ4n) is 1.31. The second-order valence-electron chi connectivity index (χ2n) is 4.00. The molecule has 0 saturated carbocycles. The van der Waals surface area contributed by atoms with Crippen molar-refractivity contribution < 1.29 is 9.53 Å². The molecule has 3 nitrogen and oxygen atoms in total. The van der Waals surface area contributed by atoms with Gasteiger partial charge in [-0.1, -0.05) is 50.6 Å². The quantitative estimate of drug-likeness (QED) is 0.775. The van der Waals surface area contributed by atoms with Crippen LogP contribution in [0.3, 0.4) is 0 Å². The molecule has 0 aromatic heterocycles. The maximum atomic E-state index is 11.6. The highest BCUT2D eigenvalue weighted by Gasteiger charge is 2.20. The van der Waals surface area contributed by atoms with Crippen molar-refractivity contribution >= 4 is 5.97 Å².